The molecule has 4 rings (SSSR count). The van der Waals surface area contributed by atoms with E-state index in [1.807, 2.05) is 24.5 Å². The zero-order valence-corrected chi connectivity index (χ0v) is 20.7. The lowest BCUT2D eigenvalue weighted by Gasteiger charge is -2.21. The van der Waals surface area contributed by atoms with E-state index in [9.17, 15) is 4.79 Å². The Morgan fingerprint density at radius 3 is 2.74 bits per heavy atom. The lowest BCUT2D eigenvalue weighted by Crippen LogP contribution is -2.32. The van der Waals surface area contributed by atoms with Crippen LogP contribution < -0.4 is 5.32 Å². The fourth-order valence-corrected chi connectivity index (χ4v) is 4.07. The molecule has 0 saturated carbocycles. The first-order valence-corrected chi connectivity index (χ1v) is 12.9. The summed E-state index contributed by atoms with van der Waals surface area (Å²) in [7, 11) is 0. The number of aromatic nitrogens is 1. The molecule has 1 amide bonds. The second-order valence-corrected chi connectivity index (χ2v) is 9.52. The Bertz CT molecular complexity index is 1130. The van der Waals surface area contributed by atoms with E-state index in [-0.39, 0.29) is 24.8 Å². The SMILES string of the molecule is CSC(=S)OCc1c(C(=O)NCC2CCOCC2)noc1COCc1ccc2ccccc2c1. The van der Waals surface area contributed by atoms with Crippen molar-refractivity contribution in [1.29, 1.82) is 0 Å². The third kappa shape index (κ3) is 6.56. The Morgan fingerprint density at radius 2 is 1.94 bits per heavy atom. The summed E-state index contributed by atoms with van der Waals surface area (Å²) < 4.78 is 22.8. The molecule has 0 spiro atoms. The Morgan fingerprint density at radius 1 is 1.15 bits per heavy atom. The summed E-state index contributed by atoms with van der Waals surface area (Å²) in [6.07, 6.45) is 3.71. The molecule has 7 nitrogen and oxygen atoms in total. The van der Waals surface area contributed by atoms with Gasteiger partial charge in [-0.05, 0) is 59.6 Å². The average molecular weight is 501 g/mol. The fourth-order valence-electron chi connectivity index (χ4n) is 3.84. The van der Waals surface area contributed by atoms with Crippen molar-refractivity contribution >= 4 is 45.0 Å². The number of fused-ring (bicyclic) bond motifs is 1. The molecule has 0 atom stereocenters. The predicted molar refractivity (Wildman–Crippen MR) is 136 cm³/mol. The van der Waals surface area contributed by atoms with Crippen LogP contribution in [0.4, 0.5) is 0 Å². The van der Waals surface area contributed by atoms with Crippen LogP contribution in [0.15, 0.2) is 47.0 Å². The highest BCUT2D eigenvalue weighted by molar-refractivity contribution is 8.22. The summed E-state index contributed by atoms with van der Waals surface area (Å²) in [4.78, 5) is 12.9. The van der Waals surface area contributed by atoms with Crippen LogP contribution in [0.3, 0.4) is 0 Å². The number of hydrogen-bond donors (Lipinski definition) is 1. The van der Waals surface area contributed by atoms with Crippen molar-refractivity contribution < 1.29 is 23.5 Å². The third-order valence-electron chi connectivity index (χ3n) is 5.79. The van der Waals surface area contributed by atoms with Gasteiger partial charge in [-0.1, -0.05) is 53.3 Å². The van der Waals surface area contributed by atoms with Crippen molar-refractivity contribution in [1.82, 2.24) is 10.5 Å². The van der Waals surface area contributed by atoms with Gasteiger partial charge in [-0.2, -0.15) is 0 Å². The zero-order chi connectivity index (χ0) is 23.8. The van der Waals surface area contributed by atoms with Crippen molar-refractivity contribution in [2.45, 2.75) is 32.7 Å². The molecular weight excluding hydrogens is 472 g/mol. The van der Waals surface area contributed by atoms with E-state index < -0.39 is 0 Å². The van der Waals surface area contributed by atoms with Gasteiger partial charge in [0.1, 0.15) is 13.2 Å². The van der Waals surface area contributed by atoms with E-state index in [4.69, 9.17) is 31.0 Å². The molecule has 0 aliphatic carbocycles. The van der Waals surface area contributed by atoms with Crippen molar-refractivity contribution in [3.63, 3.8) is 0 Å². The minimum Gasteiger partial charge on any atom is -0.473 e. The Hall–Kier alpha value is -2.46. The lowest BCUT2D eigenvalue weighted by atomic mass is 10.0. The summed E-state index contributed by atoms with van der Waals surface area (Å²) in [5, 5.41) is 9.34. The summed E-state index contributed by atoms with van der Waals surface area (Å²) in [6.45, 7) is 2.70. The minimum absolute atomic E-state index is 0.0951. The maximum absolute atomic E-state index is 12.9. The van der Waals surface area contributed by atoms with Crippen LogP contribution in [0.2, 0.25) is 0 Å². The molecule has 0 bridgehead atoms. The van der Waals surface area contributed by atoms with Crippen LogP contribution in [0.25, 0.3) is 10.8 Å². The van der Waals surface area contributed by atoms with E-state index in [2.05, 4.69) is 34.7 Å². The Labute approximate surface area is 208 Å². The van der Waals surface area contributed by atoms with E-state index in [1.54, 1.807) is 0 Å². The van der Waals surface area contributed by atoms with E-state index in [0.29, 0.717) is 34.8 Å². The Balaban J connectivity index is 1.40. The summed E-state index contributed by atoms with van der Waals surface area (Å²) in [6, 6.07) is 14.4. The van der Waals surface area contributed by atoms with Crippen LogP contribution in [0.5, 0.6) is 0 Å². The Kier molecular flexibility index (Phi) is 8.92. The van der Waals surface area contributed by atoms with Gasteiger partial charge in [0.2, 0.25) is 4.38 Å². The highest BCUT2D eigenvalue weighted by atomic mass is 32.2. The molecule has 0 radical (unpaired) electrons. The molecule has 2 heterocycles. The number of hydrogen-bond acceptors (Lipinski definition) is 8. The maximum atomic E-state index is 12.9. The van der Waals surface area contributed by atoms with Crippen LogP contribution in [-0.4, -0.2) is 41.5 Å². The minimum atomic E-state index is -0.287. The average Bonchev–Trinajstić information content (AvgIpc) is 3.29. The monoisotopic (exact) mass is 500 g/mol. The van der Waals surface area contributed by atoms with Crippen LogP contribution in [-0.2, 0) is 34.0 Å². The number of nitrogens with zero attached hydrogens (tertiary/aromatic N) is 1. The highest BCUT2D eigenvalue weighted by Crippen LogP contribution is 2.21. The fraction of sp³-hybridized carbons (Fsp3) is 0.400. The largest absolute Gasteiger partial charge is 0.473 e. The van der Waals surface area contributed by atoms with Gasteiger partial charge in [0.15, 0.2) is 11.5 Å². The molecule has 9 heteroatoms. The van der Waals surface area contributed by atoms with Crippen LogP contribution >= 0.6 is 24.0 Å². The van der Waals surface area contributed by atoms with Gasteiger partial charge < -0.3 is 24.1 Å². The molecule has 1 aliphatic heterocycles. The molecule has 34 heavy (non-hydrogen) atoms. The first-order chi connectivity index (χ1) is 16.6. The summed E-state index contributed by atoms with van der Waals surface area (Å²) in [5.74, 6) is 0.573. The molecule has 1 aliphatic rings. The molecular formula is C25H28N2O5S2. The number of thioether (sulfide) groups is 1. The molecule has 2 aromatic carbocycles. The number of benzene rings is 2. The molecule has 1 fully saturated rings. The molecule has 1 saturated heterocycles. The second-order valence-electron chi connectivity index (χ2n) is 8.12. The number of carbonyl (C=O) groups excluding carboxylic acids is 1. The van der Waals surface area contributed by atoms with Crippen molar-refractivity contribution in [3.05, 3.63) is 65.0 Å². The third-order valence-corrected chi connectivity index (χ3v) is 6.86. The maximum Gasteiger partial charge on any atom is 0.273 e. The zero-order valence-electron chi connectivity index (χ0n) is 19.1. The normalized spacial score (nSPS) is 14.3. The van der Waals surface area contributed by atoms with Gasteiger partial charge in [-0.15, -0.1) is 0 Å². The van der Waals surface area contributed by atoms with Crippen molar-refractivity contribution in [2.24, 2.45) is 5.92 Å². The van der Waals surface area contributed by atoms with Gasteiger partial charge in [-0.3, -0.25) is 4.79 Å². The molecule has 1 N–H and O–H groups in total. The number of thiocarbonyl (C=S) groups is 1. The van der Waals surface area contributed by atoms with Gasteiger partial charge in [0, 0.05) is 19.8 Å². The molecule has 3 aromatic rings. The summed E-state index contributed by atoms with van der Waals surface area (Å²) >= 11 is 6.48. The van der Waals surface area contributed by atoms with Gasteiger partial charge in [0.25, 0.3) is 5.91 Å². The smallest absolute Gasteiger partial charge is 0.273 e. The van der Waals surface area contributed by atoms with Crippen LogP contribution in [0.1, 0.15) is 40.2 Å². The number of amides is 1. The molecule has 1 aromatic heterocycles. The van der Waals surface area contributed by atoms with E-state index in [1.165, 1.54) is 17.1 Å². The van der Waals surface area contributed by atoms with Gasteiger partial charge >= 0.3 is 0 Å². The number of nitrogens with one attached hydrogen (secondary N) is 1. The van der Waals surface area contributed by atoms with E-state index in [0.717, 1.165) is 37.0 Å². The quantitative estimate of drug-likeness (QED) is 0.417. The van der Waals surface area contributed by atoms with Gasteiger partial charge in [-0.25, -0.2) is 0 Å². The number of carbonyl (C=O) groups is 1. The van der Waals surface area contributed by atoms with Crippen molar-refractivity contribution in [3.8, 4) is 0 Å². The lowest BCUT2D eigenvalue weighted by molar-refractivity contribution is 0.0641. The summed E-state index contributed by atoms with van der Waals surface area (Å²) in [5.41, 5.74) is 1.81. The number of ether oxygens (including phenoxy) is 3. The first kappa shape index (κ1) is 24.7. The highest BCUT2D eigenvalue weighted by Gasteiger charge is 2.24. The molecule has 180 valence electrons. The van der Waals surface area contributed by atoms with E-state index >= 15 is 0 Å². The predicted octanol–water partition coefficient (Wildman–Crippen LogP) is 4.87. The number of rotatable bonds is 9. The topological polar surface area (TPSA) is 82.8 Å². The standard InChI is InChI=1S/C25H28N2O5S2/c1-34-25(33)31-15-21-22(16-30-14-18-6-7-19-4-2-3-5-20(19)12-18)32-27-23(21)24(28)26-13-17-8-10-29-11-9-17/h2-7,12,17H,8-11,13-16H2,1H3,(H,26,28). The first-order valence-electron chi connectivity index (χ1n) is 11.2. The van der Waals surface area contributed by atoms with Crippen LogP contribution in [0, 0.1) is 5.92 Å². The van der Waals surface area contributed by atoms with Gasteiger partial charge in [0.05, 0.1) is 12.2 Å². The van der Waals surface area contributed by atoms with Crippen molar-refractivity contribution in [2.75, 3.05) is 26.0 Å². The second kappa shape index (κ2) is 12.3. The molecule has 0 unspecified atom stereocenters.